The lowest BCUT2D eigenvalue weighted by Gasteiger charge is -2.33. The van der Waals surface area contributed by atoms with Gasteiger partial charge in [0.1, 0.15) is 0 Å². The SMILES string of the molecule is NC(=O)CC(Cc1nc(Nc2ccc(N3CCC(NC(=O)O)CC3)cc2)ncc1C(F)(F)F)c1ccccc1. The lowest BCUT2D eigenvalue weighted by Crippen LogP contribution is -2.44. The number of anilines is 3. The van der Waals surface area contributed by atoms with Crippen LogP contribution in [-0.2, 0) is 17.4 Å². The van der Waals surface area contributed by atoms with Gasteiger partial charge in [0, 0.05) is 43.1 Å². The Balaban J connectivity index is 1.50. The number of halogens is 3. The number of carbonyl (C=O) groups excluding carboxylic acids is 1. The number of aromatic nitrogens is 2. The highest BCUT2D eigenvalue weighted by Gasteiger charge is 2.36. The molecular weight excluding hydrogens is 513 g/mol. The molecule has 0 spiro atoms. The maximum absolute atomic E-state index is 13.8. The Morgan fingerprint density at radius 3 is 2.33 bits per heavy atom. The molecule has 12 heteroatoms. The summed E-state index contributed by atoms with van der Waals surface area (Å²) in [6.45, 7) is 1.38. The van der Waals surface area contributed by atoms with Crippen molar-refractivity contribution in [3.8, 4) is 0 Å². The maximum atomic E-state index is 13.8. The van der Waals surface area contributed by atoms with E-state index < -0.39 is 29.7 Å². The first-order valence-corrected chi connectivity index (χ1v) is 12.5. The van der Waals surface area contributed by atoms with Crippen molar-refractivity contribution >= 4 is 29.3 Å². The number of nitrogens with one attached hydrogen (secondary N) is 2. The summed E-state index contributed by atoms with van der Waals surface area (Å²) in [5.74, 6) is -1.20. The smallest absolute Gasteiger partial charge is 0.419 e. The highest BCUT2D eigenvalue weighted by Crippen LogP contribution is 2.35. The van der Waals surface area contributed by atoms with Gasteiger partial charge in [0.05, 0.1) is 11.3 Å². The number of nitrogens with two attached hydrogens (primary N) is 1. The highest BCUT2D eigenvalue weighted by molar-refractivity contribution is 5.74. The van der Waals surface area contributed by atoms with Crippen molar-refractivity contribution in [2.45, 2.75) is 43.8 Å². The molecule has 1 fully saturated rings. The second kappa shape index (κ2) is 12.0. The molecule has 1 aromatic heterocycles. The van der Waals surface area contributed by atoms with Crippen LogP contribution >= 0.6 is 0 Å². The molecule has 1 aliphatic rings. The van der Waals surface area contributed by atoms with E-state index in [0.717, 1.165) is 11.9 Å². The molecule has 2 aromatic carbocycles. The number of carboxylic acid groups (broad SMARTS) is 1. The van der Waals surface area contributed by atoms with E-state index in [4.69, 9.17) is 10.8 Å². The average molecular weight is 543 g/mol. The minimum atomic E-state index is -4.67. The van der Waals surface area contributed by atoms with Gasteiger partial charge in [0.25, 0.3) is 0 Å². The van der Waals surface area contributed by atoms with E-state index in [0.29, 0.717) is 37.2 Å². The zero-order valence-electron chi connectivity index (χ0n) is 21.0. The second-order valence-electron chi connectivity index (χ2n) is 9.42. The Hall–Kier alpha value is -4.35. The van der Waals surface area contributed by atoms with Crippen LogP contribution in [0, 0.1) is 0 Å². The summed E-state index contributed by atoms with van der Waals surface area (Å²) in [7, 11) is 0. The van der Waals surface area contributed by atoms with Gasteiger partial charge in [-0.15, -0.1) is 0 Å². The maximum Gasteiger partial charge on any atom is 0.419 e. The van der Waals surface area contributed by atoms with Crippen LogP contribution in [0.5, 0.6) is 0 Å². The summed E-state index contributed by atoms with van der Waals surface area (Å²) in [4.78, 5) is 32.7. The van der Waals surface area contributed by atoms with E-state index in [1.807, 2.05) is 12.1 Å². The summed E-state index contributed by atoms with van der Waals surface area (Å²) < 4.78 is 41.4. The lowest BCUT2D eigenvalue weighted by molar-refractivity contribution is -0.138. The Morgan fingerprint density at radius 1 is 1.08 bits per heavy atom. The molecule has 2 amide bonds. The number of piperidine rings is 1. The van der Waals surface area contributed by atoms with Gasteiger partial charge in [0.2, 0.25) is 11.9 Å². The van der Waals surface area contributed by atoms with Crippen molar-refractivity contribution in [1.82, 2.24) is 15.3 Å². The second-order valence-corrected chi connectivity index (χ2v) is 9.42. The van der Waals surface area contributed by atoms with Gasteiger partial charge in [-0.1, -0.05) is 30.3 Å². The molecule has 0 bridgehead atoms. The monoisotopic (exact) mass is 542 g/mol. The molecule has 0 radical (unpaired) electrons. The molecule has 206 valence electrons. The van der Waals surface area contributed by atoms with Crippen molar-refractivity contribution < 1.29 is 27.9 Å². The minimum absolute atomic E-state index is 0.00260. The number of benzene rings is 2. The molecule has 1 atom stereocenters. The van der Waals surface area contributed by atoms with Gasteiger partial charge in [-0.3, -0.25) is 4.79 Å². The molecule has 4 rings (SSSR count). The topological polar surface area (TPSA) is 133 Å². The first kappa shape index (κ1) is 27.7. The first-order chi connectivity index (χ1) is 18.6. The Labute approximate surface area is 223 Å². The first-order valence-electron chi connectivity index (χ1n) is 12.5. The molecule has 39 heavy (non-hydrogen) atoms. The predicted molar refractivity (Wildman–Crippen MR) is 140 cm³/mol. The predicted octanol–water partition coefficient (Wildman–Crippen LogP) is 4.68. The molecular formula is C27H29F3N6O3. The molecule has 5 N–H and O–H groups in total. The standard InChI is InChI=1S/C27H29F3N6O3/c28-27(29,30)22-16-32-25(35-23(22)14-18(15-24(31)37)17-4-2-1-3-5-17)33-19-6-8-21(9-7-19)36-12-10-20(11-13-36)34-26(38)39/h1-9,16,18,20,34H,10-15H2,(H2,31,37)(H,38,39)(H,32,33,35). The van der Waals surface area contributed by atoms with Gasteiger partial charge in [-0.05, 0) is 55.0 Å². The van der Waals surface area contributed by atoms with Crippen LogP contribution < -0.4 is 21.3 Å². The van der Waals surface area contributed by atoms with Crippen molar-refractivity contribution in [2.75, 3.05) is 23.3 Å². The number of rotatable bonds is 9. The Bertz CT molecular complexity index is 1280. The summed E-state index contributed by atoms with van der Waals surface area (Å²) in [5.41, 5.74) is 6.42. The minimum Gasteiger partial charge on any atom is -0.465 e. The molecule has 1 saturated heterocycles. The van der Waals surface area contributed by atoms with E-state index in [9.17, 15) is 22.8 Å². The third-order valence-electron chi connectivity index (χ3n) is 6.64. The normalized spacial score (nSPS) is 15.0. The molecule has 3 aromatic rings. The highest BCUT2D eigenvalue weighted by atomic mass is 19.4. The molecule has 0 saturated carbocycles. The van der Waals surface area contributed by atoms with Crippen molar-refractivity contribution in [3.05, 3.63) is 77.6 Å². The average Bonchev–Trinajstić information content (AvgIpc) is 2.89. The molecule has 0 aliphatic carbocycles. The van der Waals surface area contributed by atoms with Crippen molar-refractivity contribution in [2.24, 2.45) is 5.73 Å². The van der Waals surface area contributed by atoms with Gasteiger partial charge in [0.15, 0.2) is 0 Å². The fourth-order valence-electron chi connectivity index (χ4n) is 4.72. The van der Waals surface area contributed by atoms with Gasteiger partial charge in [-0.25, -0.2) is 14.8 Å². The van der Waals surface area contributed by atoms with Crippen LogP contribution in [0.15, 0.2) is 60.8 Å². The molecule has 1 aliphatic heterocycles. The van der Waals surface area contributed by atoms with Crippen molar-refractivity contribution in [1.29, 1.82) is 0 Å². The number of primary amides is 1. The Morgan fingerprint density at radius 2 is 1.74 bits per heavy atom. The zero-order valence-corrected chi connectivity index (χ0v) is 21.0. The zero-order chi connectivity index (χ0) is 28.0. The fraction of sp³-hybridized carbons (Fsp3) is 0.333. The Kier molecular flexibility index (Phi) is 8.52. The number of carbonyl (C=O) groups is 2. The number of nitrogens with zero attached hydrogens (tertiary/aromatic N) is 3. The summed E-state index contributed by atoms with van der Waals surface area (Å²) in [6, 6.07) is 16.0. The van der Waals surface area contributed by atoms with Gasteiger partial charge >= 0.3 is 12.3 Å². The van der Waals surface area contributed by atoms with E-state index >= 15 is 0 Å². The largest absolute Gasteiger partial charge is 0.465 e. The van der Waals surface area contributed by atoms with E-state index in [1.54, 1.807) is 42.5 Å². The van der Waals surface area contributed by atoms with Crippen LogP contribution in [0.2, 0.25) is 0 Å². The number of hydrogen-bond donors (Lipinski definition) is 4. The number of hydrogen-bond acceptors (Lipinski definition) is 6. The van der Waals surface area contributed by atoms with Crippen LogP contribution in [0.1, 0.15) is 42.0 Å². The third-order valence-corrected chi connectivity index (χ3v) is 6.64. The summed E-state index contributed by atoms with van der Waals surface area (Å²) in [5, 5.41) is 14.4. The van der Waals surface area contributed by atoms with Crippen LogP contribution in [-0.4, -0.2) is 46.2 Å². The van der Waals surface area contributed by atoms with Crippen LogP contribution in [0.3, 0.4) is 0 Å². The van der Waals surface area contributed by atoms with Crippen LogP contribution in [0.4, 0.5) is 35.3 Å². The third kappa shape index (κ3) is 7.59. The number of amides is 2. The van der Waals surface area contributed by atoms with E-state index in [2.05, 4.69) is 25.5 Å². The summed E-state index contributed by atoms with van der Waals surface area (Å²) in [6.07, 6.45) is -3.84. The van der Waals surface area contributed by atoms with Crippen molar-refractivity contribution in [3.63, 3.8) is 0 Å². The lowest BCUT2D eigenvalue weighted by atomic mass is 9.89. The quantitative estimate of drug-likeness (QED) is 0.309. The van der Waals surface area contributed by atoms with Crippen LogP contribution in [0.25, 0.3) is 0 Å². The van der Waals surface area contributed by atoms with E-state index in [1.165, 1.54) is 0 Å². The molecule has 1 unspecified atom stereocenters. The fourth-order valence-corrected chi connectivity index (χ4v) is 4.72. The number of alkyl halides is 3. The van der Waals surface area contributed by atoms with Gasteiger partial charge < -0.3 is 26.4 Å². The van der Waals surface area contributed by atoms with E-state index in [-0.39, 0.29) is 30.5 Å². The molecule has 9 nitrogen and oxygen atoms in total. The molecule has 2 heterocycles. The van der Waals surface area contributed by atoms with Gasteiger partial charge in [-0.2, -0.15) is 13.2 Å². The summed E-state index contributed by atoms with van der Waals surface area (Å²) >= 11 is 0.